The van der Waals surface area contributed by atoms with Gasteiger partial charge in [0, 0.05) is 19.2 Å². The van der Waals surface area contributed by atoms with Gasteiger partial charge in [-0.3, -0.25) is 4.79 Å². The Hall–Kier alpha value is -0.870. The highest BCUT2D eigenvalue weighted by Gasteiger charge is 2.44. The van der Waals surface area contributed by atoms with Gasteiger partial charge in [-0.1, -0.05) is 6.08 Å². The molecular formula is C15H28N2O2. The highest BCUT2D eigenvalue weighted by molar-refractivity contribution is 5.84. The molecule has 0 unspecified atom stereocenters. The van der Waals surface area contributed by atoms with E-state index in [1.54, 1.807) is 13.2 Å². The minimum Gasteiger partial charge on any atom is -0.384 e. The summed E-state index contributed by atoms with van der Waals surface area (Å²) in [6.07, 6.45) is 3.47. The van der Waals surface area contributed by atoms with Gasteiger partial charge in [-0.2, -0.15) is 0 Å². The number of carbonyl (C=O) groups excluding carboxylic acids is 1. The van der Waals surface area contributed by atoms with Gasteiger partial charge in [0.25, 0.3) is 0 Å². The first-order valence-corrected chi connectivity index (χ1v) is 7.00. The minimum atomic E-state index is -0.379. The summed E-state index contributed by atoms with van der Waals surface area (Å²) in [7, 11) is 1.67. The molecule has 0 aliphatic carbocycles. The topological polar surface area (TPSA) is 41.6 Å². The second kappa shape index (κ2) is 6.53. The Labute approximate surface area is 117 Å². The molecule has 1 saturated heterocycles. The molecule has 0 aromatic carbocycles. The fourth-order valence-electron chi connectivity index (χ4n) is 2.68. The maximum absolute atomic E-state index is 13.0. The van der Waals surface area contributed by atoms with Crippen LogP contribution in [0.3, 0.4) is 0 Å². The molecule has 0 saturated carbocycles. The standard InChI is InChI=1S/C15H28N2O2/c1-6-11-17(14(2,3)4)13(18)15(12-19-5)7-9-16-10-8-15/h6,16H,1,7-12H2,2-5H3. The maximum atomic E-state index is 13.0. The first kappa shape index (κ1) is 16.2. The van der Waals surface area contributed by atoms with Crippen molar-refractivity contribution in [1.82, 2.24) is 10.2 Å². The number of amides is 1. The number of methoxy groups -OCH3 is 1. The quantitative estimate of drug-likeness (QED) is 0.773. The van der Waals surface area contributed by atoms with Crippen molar-refractivity contribution < 1.29 is 9.53 Å². The number of ether oxygens (including phenoxy) is 1. The largest absolute Gasteiger partial charge is 0.384 e. The molecule has 0 spiro atoms. The van der Waals surface area contributed by atoms with Gasteiger partial charge in [-0.25, -0.2) is 0 Å². The van der Waals surface area contributed by atoms with Crippen molar-refractivity contribution in [1.29, 1.82) is 0 Å². The molecule has 1 aliphatic heterocycles. The summed E-state index contributed by atoms with van der Waals surface area (Å²) in [5, 5.41) is 3.32. The van der Waals surface area contributed by atoms with E-state index in [0.717, 1.165) is 25.9 Å². The second-order valence-electron chi connectivity index (χ2n) is 6.34. The fourth-order valence-corrected chi connectivity index (χ4v) is 2.68. The molecule has 0 aromatic heterocycles. The summed E-state index contributed by atoms with van der Waals surface area (Å²) in [5.41, 5.74) is -0.576. The van der Waals surface area contributed by atoms with Gasteiger partial charge < -0.3 is 15.0 Å². The van der Waals surface area contributed by atoms with Gasteiger partial charge in [0.1, 0.15) is 0 Å². The van der Waals surface area contributed by atoms with Crippen LogP contribution >= 0.6 is 0 Å². The van der Waals surface area contributed by atoms with Crippen LogP contribution in [0, 0.1) is 5.41 Å². The van der Waals surface area contributed by atoms with Crippen molar-refractivity contribution in [3.05, 3.63) is 12.7 Å². The highest BCUT2D eigenvalue weighted by Crippen LogP contribution is 2.33. The van der Waals surface area contributed by atoms with E-state index in [0.29, 0.717) is 13.2 Å². The number of piperidine rings is 1. The maximum Gasteiger partial charge on any atom is 0.231 e. The number of carbonyl (C=O) groups is 1. The Balaban J connectivity index is 2.99. The molecule has 4 nitrogen and oxygen atoms in total. The van der Waals surface area contributed by atoms with E-state index in [9.17, 15) is 4.79 Å². The molecule has 1 fully saturated rings. The molecule has 1 amide bonds. The molecule has 0 bridgehead atoms. The molecule has 4 heteroatoms. The van der Waals surface area contributed by atoms with Crippen LogP contribution in [0.2, 0.25) is 0 Å². The van der Waals surface area contributed by atoms with Crippen LogP contribution in [0.4, 0.5) is 0 Å². The van der Waals surface area contributed by atoms with E-state index in [-0.39, 0.29) is 16.9 Å². The second-order valence-corrected chi connectivity index (χ2v) is 6.34. The summed E-state index contributed by atoms with van der Waals surface area (Å²) in [6.45, 7) is 12.8. The van der Waals surface area contributed by atoms with E-state index in [2.05, 4.69) is 32.7 Å². The average molecular weight is 268 g/mol. The first-order chi connectivity index (χ1) is 8.87. The van der Waals surface area contributed by atoms with Crippen molar-refractivity contribution in [3.8, 4) is 0 Å². The lowest BCUT2D eigenvalue weighted by Crippen LogP contribution is -2.56. The van der Waals surface area contributed by atoms with Gasteiger partial charge in [0.05, 0.1) is 12.0 Å². The van der Waals surface area contributed by atoms with E-state index in [1.165, 1.54) is 0 Å². The van der Waals surface area contributed by atoms with Gasteiger partial charge in [-0.15, -0.1) is 6.58 Å². The Morgan fingerprint density at radius 3 is 2.42 bits per heavy atom. The normalized spacial score (nSPS) is 18.9. The zero-order valence-electron chi connectivity index (χ0n) is 12.8. The lowest BCUT2D eigenvalue weighted by atomic mass is 9.77. The molecule has 1 aliphatic rings. The Morgan fingerprint density at radius 1 is 1.42 bits per heavy atom. The molecule has 1 heterocycles. The summed E-state index contributed by atoms with van der Waals surface area (Å²) in [6, 6.07) is 0. The molecular weight excluding hydrogens is 240 g/mol. The van der Waals surface area contributed by atoms with Gasteiger partial charge in [-0.05, 0) is 46.7 Å². The molecule has 1 N–H and O–H groups in total. The Morgan fingerprint density at radius 2 is 2.00 bits per heavy atom. The van der Waals surface area contributed by atoms with Crippen molar-refractivity contribution in [2.24, 2.45) is 5.41 Å². The van der Waals surface area contributed by atoms with Crippen LogP contribution in [0.5, 0.6) is 0 Å². The minimum absolute atomic E-state index is 0.197. The summed E-state index contributed by atoms with van der Waals surface area (Å²) in [4.78, 5) is 14.9. The van der Waals surface area contributed by atoms with Crippen molar-refractivity contribution in [3.63, 3.8) is 0 Å². The third-order valence-electron chi connectivity index (χ3n) is 3.80. The van der Waals surface area contributed by atoms with Crippen molar-refractivity contribution in [2.45, 2.75) is 39.2 Å². The summed E-state index contributed by atoms with van der Waals surface area (Å²) < 4.78 is 5.35. The van der Waals surface area contributed by atoms with Crippen LogP contribution in [0.1, 0.15) is 33.6 Å². The van der Waals surface area contributed by atoms with E-state index >= 15 is 0 Å². The van der Waals surface area contributed by atoms with Crippen molar-refractivity contribution in [2.75, 3.05) is 33.4 Å². The van der Waals surface area contributed by atoms with E-state index in [4.69, 9.17) is 4.74 Å². The summed E-state index contributed by atoms with van der Waals surface area (Å²) in [5.74, 6) is 0.197. The van der Waals surface area contributed by atoms with E-state index in [1.807, 2.05) is 4.90 Å². The monoisotopic (exact) mass is 268 g/mol. The molecule has 19 heavy (non-hydrogen) atoms. The number of hydrogen-bond acceptors (Lipinski definition) is 3. The molecule has 110 valence electrons. The average Bonchev–Trinajstić information content (AvgIpc) is 2.35. The first-order valence-electron chi connectivity index (χ1n) is 7.00. The van der Waals surface area contributed by atoms with Crippen molar-refractivity contribution >= 4 is 5.91 Å². The number of rotatable bonds is 5. The molecule has 0 atom stereocenters. The smallest absolute Gasteiger partial charge is 0.231 e. The zero-order valence-corrected chi connectivity index (χ0v) is 12.8. The Kier molecular flexibility index (Phi) is 5.56. The molecule has 0 aromatic rings. The van der Waals surface area contributed by atoms with Gasteiger partial charge in [0.15, 0.2) is 0 Å². The third kappa shape index (κ3) is 3.80. The lowest BCUT2D eigenvalue weighted by Gasteiger charge is -2.44. The number of hydrogen-bond donors (Lipinski definition) is 1. The van der Waals surface area contributed by atoms with E-state index < -0.39 is 0 Å². The zero-order chi connectivity index (χ0) is 14.5. The fraction of sp³-hybridized carbons (Fsp3) is 0.800. The van der Waals surface area contributed by atoms with Gasteiger partial charge >= 0.3 is 0 Å². The highest BCUT2D eigenvalue weighted by atomic mass is 16.5. The van der Waals surface area contributed by atoms with Crippen LogP contribution in [-0.2, 0) is 9.53 Å². The molecule has 1 rings (SSSR count). The lowest BCUT2D eigenvalue weighted by molar-refractivity contribution is -0.151. The van der Waals surface area contributed by atoms with Crippen LogP contribution < -0.4 is 5.32 Å². The van der Waals surface area contributed by atoms with Crippen LogP contribution in [0.15, 0.2) is 12.7 Å². The molecule has 0 radical (unpaired) electrons. The SMILES string of the molecule is C=CCN(C(=O)C1(COC)CCNCC1)C(C)(C)C. The summed E-state index contributed by atoms with van der Waals surface area (Å²) >= 11 is 0. The van der Waals surface area contributed by atoms with Crippen LogP contribution in [0.25, 0.3) is 0 Å². The number of nitrogens with zero attached hydrogens (tertiary/aromatic N) is 1. The van der Waals surface area contributed by atoms with Gasteiger partial charge in [0.2, 0.25) is 5.91 Å². The predicted molar refractivity (Wildman–Crippen MR) is 78.1 cm³/mol. The Bertz CT molecular complexity index is 309. The van der Waals surface area contributed by atoms with Crippen LogP contribution in [-0.4, -0.2) is 49.7 Å². The number of nitrogens with one attached hydrogen (secondary N) is 1. The third-order valence-corrected chi connectivity index (χ3v) is 3.80. The predicted octanol–water partition coefficient (Wildman–Crippen LogP) is 1.82.